The number of rotatable bonds is 5. The van der Waals surface area contributed by atoms with Gasteiger partial charge in [0.1, 0.15) is 17.7 Å². The fourth-order valence-corrected chi connectivity index (χ4v) is 3.16. The van der Waals surface area contributed by atoms with E-state index in [1.165, 1.54) is 6.26 Å². The lowest BCUT2D eigenvalue weighted by Gasteiger charge is -2.40. The number of nitrogens with zero attached hydrogens (tertiary/aromatic N) is 2. The van der Waals surface area contributed by atoms with Gasteiger partial charge in [0.2, 0.25) is 0 Å². The first-order valence-electron chi connectivity index (χ1n) is 8.66. The molecule has 1 aliphatic rings. The second-order valence-electron chi connectivity index (χ2n) is 6.68. The molecule has 1 saturated heterocycles. The van der Waals surface area contributed by atoms with E-state index in [4.69, 9.17) is 9.26 Å². The number of hydrogen-bond donors (Lipinski definition) is 1. The summed E-state index contributed by atoms with van der Waals surface area (Å²) < 4.78 is 11.2. The zero-order valence-corrected chi connectivity index (χ0v) is 16.2. The number of benzene rings is 1. The quantitative estimate of drug-likeness (QED) is 0.864. The first-order valence-corrected chi connectivity index (χ1v) is 8.66. The Balaban J connectivity index is 0.00000243. The molecular formula is C19H26ClN3O3. The molecule has 1 unspecified atom stereocenters. The van der Waals surface area contributed by atoms with Crippen LogP contribution in [0.3, 0.4) is 0 Å². The second-order valence-corrected chi connectivity index (χ2v) is 6.68. The van der Waals surface area contributed by atoms with Gasteiger partial charge >= 0.3 is 0 Å². The van der Waals surface area contributed by atoms with Crippen LogP contribution in [0.25, 0.3) is 0 Å². The fourth-order valence-electron chi connectivity index (χ4n) is 3.16. The van der Waals surface area contributed by atoms with E-state index in [1.807, 2.05) is 38.1 Å². The normalized spacial score (nSPS) is 17.0. The average molecular weight is 380 g/mol. The molecule has 0 spiro atoms. The van der Waals surface area contributed by atoms with Crippen LogP contribution in [0.15, 0.2) is 41.1 Å². The van der Waals surface area contributed by atoms with Crippen LogP contribution in [-0.4, -0.2) is 41.7 Å². The topological polar surface area (TPSA) is 67.6 Å². The van der Waals surface area contributed by atoms with Crippen LogP contribution in [0.5, 0.6) is 5.75 Å². The summed E-state index contributed by atoms with van der Waals surface area (Å²) in [7, 11) is 1.80. The van der Waals surface area contributed by atoms with E-state index in [9.17, 15) is 4.79 Å². The predicted octanol–water partition coefficient (Wildman–Crippen LogP) is 3.13. The molecule has 1 fully saturated rings. The van der Waals surface area contributed by atoms with E-state index in [1.54, 1.807) is 18.0 Å². The number of likely N-dealkylation sites (N-methyl/N-ethyl adjacent to an activating group) is 1. The lowest BCUT2D eigenvalue weighted by molar-refractivity contribution is -0.151. The summed E-state index contributed by atoms with van der Waals surface area (Å²) in [5.41, 5.74) is 1.04. The van der Waals surface area contributed by atoms with Crippen LogP contribution in [0.1, 0.15) is 37.1 Å². The highest BCUT2D eigenvalue weighted by molar-refractivity contribution is 5.86. The second kappa shape index (κ2) is 8.56. The Kier molecular flexibility index (Phi) is 6.67. The summed E-state index contributed by atoms with van der Waals surface area (Å²) in [6.07, 6.45) is 2.79. The maximum Gasteiger partial charge on any atom is 0.267 e. The van der Waals surface area contributed by atoms with Gasteiger partial charge in [-0.1, -0.05) is 22.9 Å². The number of aryl methyl sites for hydroxylation is 1. The van der Waals surface area contributed by atoms with Crippen molar-refractivity contribution < 1.29 is 14.1 Å². The Morgan fingerprint density at radius 2 is 1.92 bits per heavy atom. The minimum Gasteiger partial charge on any atom is -0.477 e. The molecule has 142 valence electrons. The molecule has 0 saturated carbocycles. The number of nitrogens with one attached hydrogen (secondary N) is 1. The monoisotopic (exact) mass is 379 g/mol. The molecule has 3 rings (SSSR count). The van der Waals surface area contributed by atoms with Crippen molar-refractivity contribution in [2.75, 3.05) is 20.1 Å². The van der Waals surface area contributed by atoms with Gasteiger partial charge < -0.3 is 19.5 Å². The zero-order valence-electron chi connectivity index (χ0n) is 15.4. The predicted molar refractivity (Wildman–Crippen MR) is 102 cm³/mol. The largest absolute Gasteiger partial charge is 0.477 e. The van der Waals surface area contributed by atoms with E-state index in [0.717, 1.165) is 30.1 Å². The van der Waals surface area contributed by atoms with Crippen molar-refractivity contribution in [2.45, 2.75) is 38.3 Å². The van der Waals surface area contributed by atoms with Crippen molar-refractivity contribution in [3.63, 3.8) is 0 Å². The number of aromatic nitrogens is 1. The highest BCUT2D eigenvalue weighted by Gasteiger charge is 2.45. The molecule has 2 aromatic rings. The van der Waals surface area contributed by atoms with Gasteiger partial charge in [0.15, 0.2) is 5.60 Å². The van der Waals surface area contributed by atoms with E-state index < -0.39 is 5.60 Å². The summed E-state index contributed by atoms with van der Waals surface area (Å²) in [6.45, 7) is 5.48. The molecule has 2 heterocycles. The van der Waals surface area contributed by atoms with Crippen molar-refractivity contribution in [1.29, 1.82) is 0 Å². The van der Waals surface area contributed by atoms with Gasteiger partial charge in [-0.05, 0) is 39.1 Å². The molecule has 6 nitrogen and oxygen atoms in total. The number of piperidine rings is 1. The number of amides is 1. The lowest BCUT2D eigenvalue weighted by atomic mass is 9.89. The number of ether oxygens (including phenoxy) is 1. The molecule has 0 radical (unpaired) electrons. The number of carbonyl (C=O) groups excluding carboxylic acids is 1. The summed E-state index contributed by atoms with van der Waals surface area (Å²) in [4.78, 5) is 15.0. The van der Waals surface area contributed by atoms with Gasteiger partial charge in [-0.25, -0.2) is 0 Å². The van der Waals surface area contributed by atoms with E-state index in [0.29, 0.717) is 12.8 Å². The number of carbonyl (C=O) groups is 1. The van der Waals surface area contributed by atoms with Crippen molar-refractivity contribution in [3.05, 3.63) is 47.9 Å². The van der Waals surface area contributed by atoms with Gasteiger partial charge in [0, 0.05) is 26.0 Å². The number of halogens is 1. The van der Waals surface area contributed by atoms with Gasteiger partial charge in [0.25, 0.3) is 5.91 Å². The van der Waals surface area contributed by atoms with E-state index in [2.05, 4.69) is 10.5 Å². The van der Waals surface area contributed by atoms with Gasteiger partial charge in [-0.2, -0.15) is 0 Å². The summed E-state index contributed by atoms with van der Waals surface area (Å²) in [6, 6.07) is 9.44. The van der Waals surface area contributed by atoms with Crippen LogP contribution in [0, 0.1) is 6.92 Å². The molecule has 0 aliphatic carbocycles. The molecule has 26 heavy (non-hydrogen) atoms. The molecule has 7 heteroatoms. The van der Waals surface area contributed by atoms with Crippen molar-refractivity contribution in [3.8, 4) is 5.75 Å². The Morgan fingerprint density at radius 3 is 2.50 bits per heavy atom. The van der Waals surface area contributed by atoms with Crippen LogP contribution in [-0.2, 0) is 4.79 Å². The third-order valence-corrected chi connectivity index (χ3v) is 4.92. The third-order valence-electron chi connectivity index (χ3n) is 4.92. The molecule has 1 N–H and O–H groups in total. The van der Waals surface area contributed by atoms with Crippen LogP contribution < -0.4 is 10.1 Å². The Labute approximate surface area is 160 Å². The van der Waals surface area contributed by atoms with Crippen LogP contribution in [0.4, 0.5) is 0 Å². The standard InChI is InChI=1S/C19H25N3O3.ClH/c1-14-4-6-16(7-5-14)25-19(9-11-20-12-10-19)18(23)22(3)15(2)17-8-13-24-21-17;/h4-8,13,15,20H,9-12H2,1-3H3;1H. The summed E-state index contributed by atoms with van der Waals surface area (Å²) >= 11 is 0. The Bertz CT molecular complexity index is 697. The minimum atomic E-state index is -0.854. The van der Waals surface area contributed by atoms with Gasteiger partial charge in [-0.3, -0.25) is 4.79 Å². The highest BCUT2D eigenvalue weighted by atomic mass is 35.5. The number of hydrogen-bond acceptors (Lipinski definition) is 5. The van der Waals surface area contributed by atoms with E-state index in [-0.39, 0.29) is 24.4 Å². The molecule has 1 aromatic carbocycles. The Hall–Kier alpha value is -2.05. The molecule has 1 aromatic heterocycles. The van der Waals surface area contributed by atoms with E-state index >= 15 is 0 Å². The molecule has 1 amide bonds. The first kappa shape index (κ1) is 20.3. The smallest absolute Gasteiger partial charge is 0.267 e. The summed E-state index contributed by atoms with van der Waals surface area (Å²) in [5, 5.41) is 7.27. The average Bonchev–Trinajstić information content (AvgIpc) is 3.17. The minimum absolute atomic E-state index is 0. The molecule has 0 bridgehead atoms. The van der Waals surface area contributed by atoms with Gasteiger partial charge in [0.05, 0.1) is 6.04 Å². The van der Waals surface area contributed by atoms with Gasteiger partial charge in [-0.15, -0.1) is 12.4 Å². The van der Waals surface area contributed by atoms with Crippen molar-refractivity contribution in [1.82, 2.24) is 15.4 Å². The van der Waals surface area contributed by atoms with Crippen LogP contribution >= 0.6 is 12.4 Å². The van der Waals surface area contributed by atoms with Crippen molar-refractivity contribution in [2.24, 2.45) is 0 Å². The molecular weight excluding hydrogens is 354 g/mol. The first-order chi connectivity index (χ1) is 12.0. The lowest BCUT2D eigenvalue weighted by Crippen LogP contribution is -2.57. The maximum absolute atomic E-state index is 13.3. The third kappa shape index (κ3) is 4.19. The summed E-state index contributed by atoms with van der Waals surface area (Å²) in [5.74, 6) is 0.702. The fraction of sp³-hybridized carbons (Fsp3) is 0.474. The van der Waals surface area contributed by atoms with Crippen molar-refractivity contribution >= 4 is 18.3 Å². The highest BCUT2D eigenvalue weighted by Crippen LogP contribution is 2.31. The van der Waals surface area contributed by atoms with Crippen LogP contribution in [0.2, 0.25) is 0 Å². The molecule has 1 aliphatic heterocycles. The zero-order chi connectivity index (χ0) is 17.9. The SMILES string of the molecule is Cc1ccc(OC2(C(=O)N(C)C(C)c3ccon3)CCNCC2)cc1.Cl. The maximum atomic E-state index is 13.3. The molecule has 1 atom stereocenters. The Morgan fingerprint density at radius 1 is 1.27 bits per heavy atom.